The van der Waals surface area contributed by atoms with E-state index in [1.165, 1.54) is 12.1 Å². The van der Waals surface area contributed by atoms with Crippen molar-refractivity contribution in [3.05, 3.63) is 64.4 Å². The lowest BCUT2D eigenvalue weighted by molar-refractivity contribution is -0.139. The highest BCUT2D eigenvalue weighted by Crippen LogP contribution is 2.32. The Labute approximate surface area is 180 Å². The van der Waals surface area contributed by atoms with Crippen LogP contribution in [0.25, 0.3) is 0 Å². The maximum atomic E-state index is 13.4. The molecule has 2 heterocycles. The molecule has 0 bridgehead atoms. The van der Waals surface area contributed by atoms with Gasteiger partial charge in [0.2, 0.25) is 11.8 Å². The van der Waals surface area contributed by atoms with E-state index in [0.29, 0.717) is 12.2 Å². The summed E-state index contributed by atoms with van der Waals surface area (Å²) in [6, 6.07) is 11.4. The standard InChI is InChI=1S/C23H25ClFN3O2/c24-19-14-17(25)8-9-20(19)26-21(29)15-28-13-10-16-6-2-3-7-18(16)22(28)23(30)27-11-4-1-5-12-27/h2-3,6-9,14,22H,1,4-5,10-13,15H2,(H,26,29). The van der Waals surface area contributed by atoms with Gasteiger partial charge in [-0.15, -0.1) is 0 Å². The summed E-state index contributed by atoms with van der Waals surface area (Å²) in [7, 11) is 0. The van der Waals surface area contributed by atoms with Crippen LogP contribution >= 0.6 is 11.6 Å². The Bertz CT molecular complexity index is 946. The molecule has 1 fully saturated rings. The molecule has 7 heteroatoms. The SMILES string of the molecule is O=C(CN1CCc2ccccc2C1C(=O)N1CCCCC1)Nc1ccc(F)cc1Cl. The van der Waals surface area contributed by atoms with Crippen molar-refractivity contribution < 1.29 is 14.0 Å². The lowest BCUT2D eigenvalue weighted by Crippen LogP contribution is -2.49. The highest BCUT2D eigenvalue weighted by molar-refractivity contribution is 6.33. The summed E-state index contributed by atoms with van der Waals surface area (Å²) >= 11 is 6.03. The number of rotatable bonds is 4. The molecule has 2 aliphatic heterocycles. The number of nitrogens with one attached hydrogen (secondary N) is 1. The summed E-state index contributed by atoms with van der Waals surface area (Å²) in [6.45, 7) is 2.21. The summed E-state index contributed by atoms with van der Waals surface area (Å²) in [5.41, 5.74) is 2.50. The molecule has 4 rings (SSSR count). The Balaban J connectivity index is 1.54. The average molecular weight is 430 g/mol. The lowest BCUT2D eigenvalue weighted by atomic mass is 9.91. The molecule has 0 spiro atoms. The van der Waals surface area contributed by atoms with Crippen LogP contribution in [0.2, 0.25) is 5.02 Å². The first-order valence-corrected chi connectivity index (χ1v) is 10.8. The third-order valence-electron chi connectivity index (χ3n) is 5.84. The molecule has 158 valence electrons. The van der Waals surface area contributed by atoms with E-state index < -0.39 is 11.9 Å². The van der Waals surface area contributed by atoms with Crippen molar-refractivity contribution >= 4 is 29.1 Å². The fourth-order valence-corrected chi connectivity index (χ4v) is 4.54. The van der Waals surface area contributed by atoms with E-state index in [1.54, 1.807) is 0 Å². The molecule has 2 aromatic rings. The van der Waals surface area contributed by atoms with Crippen LogP contribution in [0.4, 0.5) is 10.1 Å². The zero-order chi connectivity index (χ0) is 21.1. The van der Waals surface area contributed by atoms with Crippen LogP contribution in [-0.4, -0.2) is 47.8 Å². The van der Waals surface area contributed by atoms with Gasteiger partial charge in [0.1, 0.15) is 11.9 Å². The fraction of sp³-hybridized carbons (Fsp3) is 0.391. The number of nitrogens with zero attached hydrogens (tertiary/aromatic N) is 2. The van der Waals surface area contributed by atoms with Gasteiger partial charge >= 0.3 is 0 Å². The minimum atomic E-state index is -0.470. The molecular formula is C23H25ClFN3O2. The minimum absolute atomic E-state index is 0.0618. The molecule has 1 saturated heterocycles. The molecule has 1 atom stereocenters. The largest absolute Gasteiger partial charge is 0.341 e. The molecule has 2 aromatic carbocycles. The number of hydrogen-bond donors (Lipinski definition) is 1. The molecule has 30 heavy (non-hydrogen) atoms. The number of fused-ring (bicyclic) bond motifs is 1. The van der Waals surface area contributed by atoms with Crippen LogP contribution in [-0.2, 0) is 16.0 Å². The lowest BCUT2D eigenvalue weighted by Gasteiger charge is -2.39. The normalized spacial score (nSPS) is 19.3. The number of benzene rings is 2. The number of likely N-dealkylation sites (tertiary alicyclic amines) is 1. The zero-order valence-electron chi connectivity index (χ0n) is 16.7. The van der Waals surface area contributed by atoms with Crippen molar-refractivity contribution in [3.63, 3.8) is 0 Å². The van der Waals surface area contributed by atoms with Crippen LogP contribution in [0.1, 0.15) is 36.4 Å². The van der Waals surface area contributed by atoms with Gasteiger partial charge in [-0.1, -0.05) is 35.9 Å². The smallest absolute Gasteiger partial charge is 0.244 e. The van der Waals surface area contributed by atoms with Crippen LogP contribution in [0.5, 0.6) is 0 Å². The van der Waals surface area contributed by atoms with Gasteiger partial charge in [-0.25, -0.2) is 4.39 Å². The molecule has 1 unspecified atom stereocenters. The number of halogens is 2. The Hall–Kier alpha value is -2.44. The number of piperidine rings is 1. The number of carbonyl (C=O) groups excluding carboxylic acids is 2. The maximum Gasteiger partial charge on any atom is 0.244 e. The Morgan fingerprint density at radius 3 is 2.60 bits per heavy atom. The first kappa shape index (κ1) is 20.8. The summed E-state index contributed by atoms with van der Waals surface area (Å²) in [5.74, 6) is -0.674. The molecule has 0 aliphatic carbocycles. The van der Waals surface area contributed by atoms with E-state index in [-0.39, 0.29) is 23.4 Å². The van der Waals surface area contributed by atoms with Crippen molar-refractivity contribution in [1.29, 1.82) is 0 Å². The molecule has 5 nitrogen and oxygen atoms in total. The zero-order valence-corrected chi connectivity index (χ0v) is 17.5. The summed E-state index contributed by atoms with van der Waals surface area (Å²) in [6.07, 6.45) is 3.97. The van der Waals surface area contributed by atoms with Crippen LogP contribution in [0.15, 0.2) is 42.5 Å². The summed E-state index contributed by atoms with van der Waals surface area (Å²) in [4.78, 5) is 30.1. The topological polar surface area (TPSA) is 52.7 Å². The van der Waals surface area contributed by atoms with E-state index in [2.05, 4.69) is 11.4 Å². The fourth-order valence-electron chi connectivity index (χ4n) is 4.33. The van der Waals surface area contributed by atoms with Crippen molar-refractivity contribution in [2.45, 2.75) is 31.7 Å². The van der Waals surface area contributed by atoms with Gasteiger partial charge in [0.25, 0.3) is 0 Å². The molecule has 2 amide bonds. The first-order valence-electron chi connectivity index (χ1n) is 10.4. The van der Waals surface area contributed by atoms with Crippen molar-refractivity contribution in [1.82, 2.24) is 9.80 Å². The molecule has 2 aliphatic rings. The van der Waals surface area contributed by atoms with Crippen LogP contribution in [0, 0.1) is 5.82 Å². The van der Waals surface area contributed by atoms with Gasteiger partial charge < -0.3 is 10.2 Å². The van der Waals surface area contributed by atoms with Gasteiger partial charge in [0.15, 0.2) is 0 Å². The number of hydrogen-bond acceptors (Lipinski definition) is 3. The number of anilines is 1. The van der Waals surface area contributed by atoms with Crippen molar-refractivity contribution in [3.8, 4) is 0 Å². The number of amides is 2. The minimum Gasteiger partial charge on any atom is -0.341 e. The third-order valence-corrected chi connectivity index (χ3v) is 6.15. The molecule has 0 radical (unpaired) electrons. The van der Waals surface area contributed by atoms with Gasteiger partial charge in [-0.3, -0.25) is 14.5 Å². The first-order chi connectivity index (χ1) is 14.5. The predicted molar refractivity (Wildman–Crippen MR) is 115 cm³/mol. The van der Waals surface area contributed by atoms with Crippen LogP contribution < -0.4 is 5.32 Å². The van der Waals surface area contributed by atoms with Crippen LogP contribution in [0.3, 0.4) is 0 Å². The average Bonchev–Trinajstić information content (AvgIpc) is 2.76. The quantitative estimate of drug-likeness (QED) is 0.798. The van der Waals surface area contributed by atoms with Crippen molar-refractivity contribution in [2.75, 3.05) is 31.5 Å². The van der Waals surface area contributed by atoms with E-state index >= 15 is 0 Å². The van der Waals surface area contributed by atoms with E-state index in [1.807, 2.05) is 28.0 Å². The van der Waals surface area contributed by atoms with E-state index in [4.69, 9.17) is 11.6 Å². The molecule has 0 saturated carbocycles. The third kappa shape index (κ3) is 4.50. The number of carbonyl (C=O) groups is 2. The second-order valence-corrected chi connectivity index (χ2v) is 8.29. The van der Waals surface area contributed by atoms with Gasteiger partial charge in [0, 0.05) is 19.6 Å². The highest BCUT2D eigenvalue weighted by atomic mass is 35.5. The van der Waals surface area contributed by atoms with Gasteiger partial charge in [-0.05, 0) is 55.0 Å². The van der Waals surface area contributed by atoms with E-state index in [0.717, 1.165) is 56.0 Å². The maximum absolute atomic E-state index is 13.4. The Kier molecular flexibility index (Phi) is 6.35. The summed E-state index contributed by atoms with van der Waals surface area (Å²) < 4.78 is 13.3. The Morgan fingerprint density at radius 2 is 1.83 bits per heavy atom. The van der Waals surface area contributed by atoms with E-state index in [9.17, 15) is 14.0 Å². The molecular weight excluding hydrogens is 405 g/mol. The highest BCUT2D eigenvalue weighted by Gasteiger charge is 2.36. The van der Waals surface area contributed by atoms with Crippen molar-refractivity contribution in [2.24, 2.45) is 0 Å². The monoisotopic (exact) mass is 429 g/mol. The predicted octanol–water partition coefficient (Wildman–Crippen LogP) is 4.03. The van der Waals surface area contributed by atoms with Gasteiger partial charge in [0.05, 0.1) is 17.3 Å². The Morgan fingerprint density at radius 1 is 1.07 bits per heavy atom. The summed E-state index contributed by atoms with van der Waals surface area (Å²) in [5, 5.41) is 2.89. The molecule has 0 aromatic heterocycles. The second-order valence-electron chi connectivity index (χ2n) is 7.88. The second kappa shape index (κ2) is 9.14. The molecule has 1 N–H and O–H groups in total. The van der Waals surface area contributed by atoms with Gasteiger partial charge in [-0.2, -0.15) is 0 Å².